The lowest BCUT2D eigenvalue weighted by molar-refractivity contribution is -0.131. The topological polar surface area (TPSA) is 94.2 Å². The Morgan fingerprint density at radius 2 is 2.03 bits per heavy atom. The highest BCUT2D eigenvalue weighted by Crippen LogP contribution is 2.37. The van der Waals surface area contributed by atoms with Gasteiger partial charge in [0, 0.05) is 30.2 Å². The van der Waals surface area contributed by atoms with E-state index < -0.39 is 0 Å². The zero-order valence-electron chi connectivity index (χ0n) is 16.3. The number of rotatable bonds is 5. The van der Waals surface area contributed by atoms with Crippen LogP contribution >= 0.6 is 0 Å². The van der Waals surface area contributed by atoms with Crippen LogP contribution in [-0.4, -0.2) is 39.4 Å². The van der Waals surface area contributed by atoms with Crippen molar-refractivity contribution >= 4 is 11.9 Å². The summed E-state index contributed by atoms with van der Waals surface area (Å²) in [6.07, 6.45) is 5.48. The first kappa shape index (κ1) is 18.9. The highest BCUT2D eigenvalue weighted by Gasteiger charge is 2.33. The molecular weight excluding hydrogens is 366 g/mol. The number of likely N-dealkylation sites (tertiary alicyclic amines) is 1. The molecule has 0 aliphatic carbocycles. The number of aromatic nitrogens is 3. The Balaban J connectivity index is 1.65. The second-order valence-corrected chi connectivity index (χ2v) is 7.00. The number of hydrogen-bond acceptors (Lipinski definition) is 6. The Labute approximate surface area is 169 Å². The molecule has 1 atom stereocenters. The first-order valence-electron chi connectivity index (χ1n) is 9.62. The molecule has 1 fully saturated rings. The van der Waals surface area contributed by atoms with Crippen molar-refractivity contribution < 1.29 is 9.53 Å². The van der Waals surface area contributed by atoms with Crippen LogP contribution in [0.25, 0.3) is 11.1 Å². The molecule has 1 aromatic carbocycles. The van der Waals surface area contributed by atoms with E-state index in [0.29, 0.717) is 6.54 Å². The number of carbonyl (C=O) groups is 1. The number of ether oxygens (including phenoxy) is 1. The molecule has 3 heterocycles. The first-order valence-corrected chi connectivity index (χ1v) is 9.62. The number of methoxy groups -OCH3 is 1. The number of nitrogens with two attached hydrogens (primary N) is 1. The summed E-state index contributed by atoms with van der Waals surface area (Å²) in [7, 11) is 1.64. The van der Waals surface area contributed by atoms with Crippen LogP contribution in [0.15, 0.2) is 54.9 Å². The molecule has 3 aromatic rings. The zero-order valence-corrected chi connectivity index (χ0v) is 16.3. The normalized spacial score (nSPS) is 16.0. The molecule has 2 aromatic heterocycles. The van der Waals surface area contributed by atoms with E-state index in [0.717, 1.165) is 41.1 Å². The number of nitrogens with zero attached hydrogens (tertiary/aromatic N) is 4. The number of anilines is 1. The van der Waals surface area contributed by atoms with Crippen molar-refractivity contribution in [2.75, 3.05) is 19.4 Å². The summed E-state index contributed by atoms with van der Waals surface area (Å²) in [6.45, 7) is 0.697. The lowest BCUT2D eigenvalue weighted by atomic mass is 9.99. The van der Waals surface area contributed by atoms with Gasteiger partial charge in [-0.25, -0.2) is 9.97 Å². The van der Waals surface area contributed by atoms with Crippen LogP contribution in [0.5, 0.6) is 5.75 Å². The molecule has 0 spiro atoms. The van der Waals surface area contributed by atoms with Gasteiger partial charge in [0.25, 0.3) is 0 Å². The summed E-state index contributed by atoms with van der Waals surface area (Å²) >= 11 is 0. The Hall–Kier alpha value is -3.48. The van der Waals surface area contributed by atoms with Crippen LogP contribution < -0.4 is 10.5 Å². The van der Waals surface area contributed by atoms with Gasteiger partial charge in [0.15, 0.2) is 0 Å². The average molecular weight is 389 g/mol. The Bertz CT molecular complexity index is 992. The maximum Gasteiger partial charge on any atom is 0.229 e. The molecule has 0 saturated carbocycles. The third kappa shape index (κ3) is 4.03. The second kappa shape index (κ2) is 8.26. The maximum absolute atomic E-state index is 13.0. The third-order valence-corrected chi connectivity index (χ3v) is 5.19. The van der Waals surface area contributed by atoms with E-state index >= 15 is 0 Å². The van der Waals surface area contributed by atoms with Gasteiger partial charge in [-0.3, -0.25) is 9.78 Å². The van der Waals surface area contributed by atoms with Crippen molar-refractivity contribution in [3.8, 4) is 16.9 Å². The number of pyridine rings is 1. The van der Waals surface area contributed by atoms with Crippen LogP contribution in [0.1, 0.15) is 30.3 Å². The van der Waals surface area contributed by atoms with Crippen molar-refractivity contribution in [3.05, 3.63) is 66.2 Å². The lowest BCUT2D eigenvalue weighted by Crippen LogP contribution is -2.32. The molecule has 0 radical (unpaired) electrons. The minimum Gasteiger partial charge on any atom is -0.497 e. The van der Waals surface area contributed by atoms with Crippen LogP contribution in [0, 0.1) is 0 Å². The van der Waals surface area contributed by atoms with E-state index in [1.807, 2.05) is 47.4 Å². The summed E-state index contributed by atoms with van der Waals surface area (Å²) in [5, 5.41) is 0. The van der Waals surface area contributed by atoms with Gasteiger partial charge in [-0.05, 0) is 42.7 Å². The van der Waals surface area contributed by atoms with Crippen molar-refractivity contribution in [3.63, 3.8) is 0 Å². The van der Waals surface area contributed by atoms with E-state index in [-0.39, 0.29) is 24.3 Å². The van der Waals surface area contributed by atoms with Crippen molar-refractivity contribution in [2.24, 2.45) is 0 Å². The summed E-state index contributed by atoms with van der Waals surface area (Å²) in [4.78, 5) is 27.9. The maximum atomic E-state index is 13.0. The molecule has 4 rings (SSSR count). The first-order chi connectivity index (χ1) is 14.2. The summed E-state index contributed by atoms with van der Waals surface area (Å²) < 4.78 is 5.25. The Morgan fingerprint density at radius 3 is 2.76 bits per heavy atom. The SMILES string of the molecule is COc1ccc(-c2cnc(N)nc2[C@H]2CCCN2C(=O)Cc2ccccn2)cc1. The second-order valence-electron chi connectivity index (χ2n) is 7.00. The number of carbonyl (C=O) groups excluding carboxylic acids is 1. The highest BCUT2D eigenvalue weighted by molar-refractivity contribution is 5.79. The van der Waals surface area contributed by atoms with Crippen LogP contribution in [0.2, 0.25) is 0 Å². The van der Waals surface area contributed by atoms with Gasteiger partial charge in [-0.15, -0.1) is 0 Å². The fourth-order valence-corrected chi connectivity index (χ4v) is 3.77. The molecule has 1 aliphatic rings. The van der Waals surface area contributed by atoms with Gasteiger partial charge in [0.1, 0.15) is 5.75 Å². The number of amides is 1. The smallest absolute Gasteiger partial charge is 0.229 e. The highest BCUT2D eigenvalue weighted by atomic mass is 16.5. The molecule has 7 nitrogen and oxygen atoms in total. The van der Waals surface area contributed by atoms with Crippen molar-refractivity contribution in [2.45, 2.75) is 25.3 Å². The number of hydrogen-bond donors (Lipinski definition) is 1. The van der Waals surface area contributed by atoms with Gasteiger partial charge in [-0.1, -0.05) is 18.2 Å². The molecule has 29 heavy (non-hydrogen) atoms. The molecule has 1 amide bonds. The molecule has 148 valence electrons. The van der Waals surface area contributed by atoms with Crippen LogP contribution in [0.3, 0.4) is 0 Å². The van der Waals surface area contributed by atoms with Gasteiger partial charge < -0.3 is 15.4 Å². The molecule has 0 bridgehead atoms. The van der Waals surface area contributed by atoms with Gasteiger partial charge in [0.05, 0.1) is 25.3 Å². The van der Waals surface area contributed by atoms with E-state index in [1.54, 1.807) is 19.5 Å². The fraction of sp³-hybridized carbons (Fsp3) is 0.273. The third-order valence-electron chi connectivity index (χ3n) is 5.19. The van der Waals surface area contributed by atoms with Crippen molar-refractivity contribution in [1.29, 1.82) is 0 Å². The Kier molecular flexibility index (Phi) is 5.37. The van der Waals surface area contributed by atoms with Gasteiger partial charge in [-0.2, -0.15) is 0 Å². The average Bonchev–Trinajstić information content (AvgIpc) is 3.24. The predicted octanol–water partition coefficient (Wildman–Crippen LogP) is 3.04. The number of nitrogen functional groups attached to an aromatic ring is 1. The molecule has 1 aliphatic heterocycles. The van der Waals surface area contributed by atoms with E-state index in [1.165, 1.54) is 0 Å². The molecule has 0 unspecified atom stereocenters. The monoisotopic (exact) mass is 389 g/mol. The summed E-state index contributed by atoms with van der Waals surface area (Å²) in [5.74, 6) is 1.03. The molecular formula is C22H23N5O2. The summed E-state index contributed by atoms with van der Waals surface area (Å²) in [6, 6.07) is 13.2. The van der Waals surface area contributed by atoms with Gasteiger partial charge >= 0.3 is 0 Å². The zero-order chi connectivity index (χ0) is 20.2. The quantitative estimate of drug-likeness (QED) is 0.721. The van der Waals surface area contributed by atoms with Gasteiger partial charge in [0.2, 0.25) is 11.9 Å². The van der Waals surface area contributed by atoms with E-state index in [4.69, 9.17) is 10.5 Å². The standard InChI is InChI=1S/C22H23N5O2/c1-29-17-9-7-15(8-10-17)18-14-25-22(23)26-21(18)19-6-4-12-27(19)20(28)13-16-5-2-3-11-24-16/h2-3,5,7-11,14,19H,4,6,12-13H2,1H3,(H2,23,25,26)/t19-/m1/s1. The molecule has 7 heteroatoms. The summed E-state index contributed by atoms with van der Waals surface area (Å²) in [5.41, 5.74) is 9.30. The fourth-order valence-electron chi connectivity index (χ4n) is 3.77. The Morgan fingerprint density at radius 1 is 1.21 bits per heavy atom. The lowest BCUT2D eigenvalue weighted by Gasteiger charge is -2.26. The van der Waals surface area contributed by atoms with E-state index in [2.05, 4.69) is 15.0 Å². The van der Waals surface area contributed by atoms with E-state index in [9.17, 15) is 4.79 Å². The largest absolute Gasteiger partial charge is 0.497 e. The minimum atomic E-state index is -0.131. The van der Waals surface area contributed by atoms with Crippen LogP contribution in [-0.2, 0) is 11.2 Å². The predicted molar refractivity (Wildman–Crippen MR) is 110 cm³/mol. The van der Waals surface area contributed by atoms with Crippen LogP contribution in [0.4, 0.5) is 5.95 Å². The molecule has 1 saturated heterocycles. The molecule has 2 N–H and O–H groups in total. The van der Waals surface area contributed by atoms with Crippen molar-refractivity contribution in [1.82, 2.24) is 19.9 Å². The number of benzene rings is 1. The minimum absolute atomic E-state index is 0.0454.